The molecule has 0 aliphatic carbocycles. The van der Waals surface area contributed by atoms with Gasteiger partial charge in [0, 0.05) is 0 Å². The van der Waals surface area contributed by atoms with Crippen LogP contribution in [0.4, 0.5) is 0 Å². The molecule has 0 unspecified atom stereocenters. The van der Waals surface area contributed by atoms with Crippen LogP contribution >= 0.6 is 0 Å². The summed E-state index contributed by atoms with van der Waals surface area (Å²) in [5, 5.41) is 6.22. The van der Waals surface area contributed by atoms with Crippen LogP contribution in [0.15, 0.2) is 6.33 Å². The Bertz CT molecular complexity index is 274. The predicted octanol–water partition coefficient (Wildman–Crippen LogP) is 0.689. The van der Waals surface area contributed by atoms with Crippen LogP contribution in [0.3, 0.4) is 0 Å². The van der Waals surface area contributed by atoms with E-state index in [4.69, 9.17) is 4.74 Å². The highest BCUT2D eigenvalue weighted by molar-refractivity contribution is 5.71. The van der Waals surface area contributed by atoms with Crippen molar-refractivity contribution in [3.63, 3.8) is 0 Å². The lowest BCUT2D eigenvalue weighted by molar-refractivity contribution is -0.154. The molecule has 0 saturated heterocycles. The quantitative estimate of drug-likeness (QED) is 0.685. The van der Waals surface area contributed by atoms with Crippen molar-refractivity contribution in [3.8, 4) is 0 Å². The molecule has 1 aromatic rings. The van der Waals surface area contributed by atoms with Gasteiger partial charge in [-0.1, -0.05) is 0 Å². The zero-order chi connectivity index (χ0) is 9.90. The Morgan fingerprint density at radius 1 is 1.62 bits per heavy atom. The SMILES string of the molecule is CC(C)(C)OC(=O)Cc1ncn[nH]1. The van der Waals surface area contributed by atoms with Gasteiger partial charge in [0.1, 0.15) is 24.2 Å². The molecule has 1 heterocycles. The molecule has 1 rings (SSSR count). The van der Waals surface area contributed by atoms with Gasteiger partial charge in [0.2, 0.25) is 0 Å². The fourth-order valence-electron chi connectivity index (χ4n) is 0.830. The van der Waals surface area contributed by atoms with Crippen LogP contribution in [-0.2, 0) is 16.0 Å². The Morgan fingerprint density at radius 2 is 2.31 bits per heavy atom. The second-order valence-corrected chi connectivity index (χ2v) is 3.70. The van der Waals surface area contributed by atoms with Gasteiger partial charge in [0.25, 0.3) is 0 Å². The third-order valence-corrected chi connectivity index (χ3v) is 1.20. The second-order valence-electron chi connectivity index (χ2n) is 3.70. The average molecular weight is 183 g/mol. The minimum Gasteiger partial charge on any atom is -0.460 e. The van der Waals surface area contributed by atoms with E-state index < -0.39 is 5.60 Å². The van der Waals surface area contributed by atoms with Crippen molar-refractivity contribution in [2.75, 3.05) is 0 Å². The largest absolute Gasteiger partial charge is 0.460 e. The summed E-state index contributed by atoms with van der Waals surface area (Å²) in [6, 6.07) is 0. The average Bonchev–Trinajstić information content (AvgIpc) is 2.34. The molecule has 0 amide bonds. The van der Waals surface area contributed by atoms with Crippen molar-refractivity contribution in [1.82, 2.24) is 15.2 Å². The van der Waals surface area contributed by atoms with Crippen LogP contribution in [0, 0.1) is 0 Å². The second kappa shape index (κ2) is 3.55. The number of hydrogen-bond donors (Lipinski definition) is 1. The highest BCUT2D eigenvalue weighted by Crippen LogP contribution is 2.07. The Hall–Kier alpha value is -1.39. The zero-order valence-electron chi connectivity index (χ0n) is 8.00. The van der Waals surface area contributed by atoms with Crippen LogP contribution in [0.2, 0.25) is 0 Å². The van der Waals surface area contributed by atoms with Gasteiger partial charge in [-0.3, -0.25) is 9.89 Å². The molecular formula is C8H13N3O2. The molecule has 5 nitrogen and oxygen atoms in total. The number of carbonyl (C=O) groups excluding carboxylic acids is 1. The van der Waals surface area contributed by atoms with Gasteiger partial charge >= 0.3 is 5.97 Å². The first-order valence-electron chi connectivity index (χ1n) is 4.03. The van der Waals surface area contributed by atoms with E-state index in [2.05, 4.69) is 15.2 Å². The van der Waals surface area contributed by atoms with Gasteiger partial charge < -0.3 is 4.74 Å². The molecular weight excluding hydrogens is 170 g/mol. The lowest BCUT2D eigenvalue weighted by Gasteiger charge is -2.18. The zero-order valence-corrected chi connectivity index (χ0v) is 8.00. The lowest BCUT2D eigenvalue weighted by atomic mass is 10.2. The molecule has 0 radical (unpaired) electrons. The van der Waals surface area contributed by atoms with Crippen molar-refractivity contribution in [3.05, 3.63) is 12.2 Å². The standard InChI is InChI=1S/C8H13N3O2/c1-8(2,3)13-7(12)4-6-9-5-10-11-6/h5H,4H2,1-3H3,(H,9,10,11). The van der Waals surface area contributed by atoms with Crippen molar-refractivity contribution in [2.45, 2.75) is 32.8 Å². The van der Waals surface area contributed by atoms with Crippen LogP contribution in [-0.4, -0.2) is 26.8 Å². The molecule has 0 spiro atoms. The van der Waals surface area contributed by atoms with Crippen molar-refractivity contribution in [1.29, 1.82) is 0 Å². The summed E-state index contributed by atoms with van der Waals surface area (Å²) in [5.41, 5.74) is -0.447. The number of rotatable bonds is 2. The summed E-state index contributed by atoms with van der Waals surface area (Å²) in [7, 11) is 0. The van der Waals surface area contributed by atoms with Gasteiger partial charge in [-0.05, 0) is 20.8 Å². The predicted molar refractivity (Wildman–Crippen MR) is 45.9 cm³/mol. The Balaban J connectivity index is 2.43. The third-order valence-electron chi connectivity index (χ3n) is 1.20. The number of ether oxygens (including phenoxy) is 1. The number of H-pyrrole nitrogens is 1. The minimum absolute atomic E-state index is 0.136. The topological polar surface area (TPSA) is 67.9 Å². The third kappa shape index (κ3) is 3.68. The maximum atomic E-state index is 11.2. The first-order valence-corrected chi connectivity index (χ1v) is 4.03. The summed E-state index contributed by atoms with van der Waals surface area (Å²) in [5.74, 6) is 0.221. The normalized spacial score (nSPS) is 11.3. The fraction of sp³-hybridized carbons (Fsp3) is 0.625. The number of aromatic amines is 1. The molecule has 0 saturated carbocycles. The van der Waals surface area contributed by atoms with Crippen molar-refractivity contribution in [2.24, 2.45) is 0 Å². The maximum absolute atomic E-state index is 11.2. The molecule has 0 aliphatic heterocycles. The number of aromatic nitrogens is 3. The molecule has 0 bridgehead atoms. The molecule has 5 heteroatoms. The van der Waals surface area contributed by atoms with Crippen LogP contribution in [0.25, 0.3) is 0 Å². The Labute approximate surface area is 76.5 Å². The smallest absolute Gasteiger partial charge is 0.314 e. The van der Waals surface area contributed by atoms with E-state index in [9.17, 15) is 4.79 Å². The van der Waals surface area contributed by atoms with Crippen LogP contribution in [0.5, 0.6) is 0 Å². The molecule has 1 N–H and O–H groups in total. The molecule has 13 heavy (non-hydrogen) atoms. The summed E-state index contributed by atoms with van der Waals surface area (Å²) >= 11 is 0. The van der Waals surface area contributed by atoms with E-state index in [1.54, 1.807) is 0 Å². The number of esters is 1. The first kappa shape index (κ1) is 9.70. The number of nitrogens with one attached hydrogen (secondary N) is 1. The van der Waals surface area contributed by atoms with Crippen molar-refractivity contribution < 1.29 is 9.53 Å². The monoisotopic (exact) mass is 183 g/mol. The molecule has 0 fully saturated rings. The number of carbonyl (C=O) groups is 1. The van der Waals surface area contributed by atoms with Gasteiger partial charge in [-0.25, -0.2) is 4.98 Å². The van der Waals surface area contributed by atoms with E-state index in [0.29, 0.717) is 5.82 Å². The maximum Gasteiger partial charge on any atom is 0.314 e. The summed E-state index contributed by atoms with van der Waals surface area (Å²) < 4.78 is 5.08. The highest BCUT2D eigenvalue weighted by atomic mass is 16.6. The number of hydrogen-bond acceptors (Lipinski definition) is 4. The van der Waals surface area contributed by atoms with Gasteiger partial charge in [-0.15, -0.1) is 0 Å². The number of nitrogens with zero attached hydrogens (tertiary/aromatic N) is 2. The Kier molecular flexibility index (Phi) is 2.65. The molecule has 1 aromatic heterocycles. The Morgan fingerprint density at radius 3 is 2.77 bits per heavy atom. The lowest BCUT2D eigenvalue weighted by Crippen LogP contribution is -2.25. The van der Waals surface area contributed by atoms with Gasteiger partial charge in [0.15, 0.2) is 0 Å². The van der Waals surface area contributed by atoms with Crippen LogP contribution in [0.1, 0.15) is 26.6 Å². The summed E-state index contributed by atoms with van der Waals surface area (Å²) in [6.45, 7) is 5.47. The van der Waals surface area contributed by atoms with Crippen molar-refractivity contribution >= 4 is 5.97 Å². The van der Waals surface area contributed by atoms with Gasteiger partial charge in [0.05, 0.1) is 0 Å². The molecule has 72 valence electrons. The van der Waals surface area contributed by atoms with E-state index in [1.165, 1.54) is 6.33 Å². The summed E-state index contributed by atoms with van der Waals surface area (Å²) in [4.78, 5) is 15.0. The molecule has 0 aliphatic rings. The highest BCUT2D eigenvalue weighted by Gasteiger charge is 2.17. The summed E-state index contributed by atoms with van der Waals surface area (Å²) in [6.07, 6.45) is 1.50. The van der Waals surface area contributed by atoms with E-state index >= 15 is 0 Å². The fourth-order valence-corrected chi connectivity index (χ4v) is 0.830. The molecule has 0 atom stereocenters. The van der Waals surface area contributed by atoms with Crippen LogP contribution < -0.4 is 0 Å². The van der Waals surface area contributed by atoms with E-state index in [1.807, 2.05) is 20.8 Å². The minimum atomic E-state index is -0.447. The van der Waals surface area contributed by atoms with Gasteiger partial charge in [-0.2, -0.15) is 5.10 Å². The molecule has 0 aromatic carbocycles. The van der Waals surface area contributed by atoms with E-state index in [-0.39, 0.29) is 12.4 Å². The van der Waals surface area contributed by atoms with E-state index in [0.717, 1.165) is 0 Å². The first-order chi connectivity index (χ1) is 5.97.